The van der Waals surface area contributed by atoms with Crippen LogP contribution in [0.3, 0.4) is 0 Å². The lowest BCUT2D eigenvalue weighted by atomic mass is 9.90. The molecule has 2 heterocycles. The fraction of sp³-hybridized carbons (Fsp3) is 0.130. The second-order valence-electron chi connectivity index (χ2n) is 7.17. The lowest BCUT2D eigenvalue weighted by Crippen LogP contribution is -2.37. The van der Waals surface area contributed by atoms with Gasteiger partial charge < -0.3 is 0 Å². The first kappa shape index (κ1) is 18.8. The van der Waals surface area contributed by atoms with E-state index in [0.29, 0.717) is 22.0 Å². The molecule has 2 aliphatic rings. The van der Waals surface area contributed by atoms with Crippen molar-refractivity contribution in [2.45, 2.75) is 12.1 Å². The molecule has 0 radical (unpaired) electrons. The van der Waals surface area contributed by atoms with Crippen LogP contribution >= 0.6 is 11.6 Å². The van der Waals surface area contributed by atoms with E-state index in [4.69, 9.17) is 16.4 Å². The highest BCUT2D eigenvalue weighted by molar-refractivity contribution is 6.31. The quantitative estimate of drug-likeness (QED) is 0.582. The third-order valence-corrected chi connectivity index (χ3v) is 5.69. The molecule has 2 aliphatic heterocycles. The number of anilines is 2. The number of para-hydroxylation sites is 1. The van der Waals surface area contributed by atoms with Gasteiger partial charge in [-0.1, -0.05) is 48.0 Å². The molecule has 0 saturated carbocycles. The second kappa shape index (κ2) is 7.23. The van der Waals surface area contributed by atoms with Crippen molar-refractivity contribution in [1.82, 2.24) is 0 Å². The van der Waals surface area contributed by atoms with Crippen LogP contribution in [0.1, 0.15) is 11.6 Å². The highest BCUT2D eigenvalue weighted by atomic mass is 35.5. The molecular weight excluding hydrogens is 407 g/mol. The van der Waals surface area contributed by atoms with Crippen molar-refractivity contribution < 1.29 is 18.8 Å². The van der Waals surface area contributed by atoms with E-state index in [0.717, 1.165) is 4.90 Å². The highest BCUT2D eigenvalue weighted by Gasteiger charge is 2.60. The third kappa shape index (κ3) is 2.88. The average Bonchev–Trinajstić information content (AvgIpc) is 3.26. The highest BCUT2D eigenvalue weighted by Crippen LogP contribution is 2.48. The van der Waals surface area contributed by atoms with E-state index in [1.807, 2.05) is 18.2 Å². The molecule has 0 bridgehead atoms. The van der Waals surface area contributed by atoms with Gasteiger partial charge in [-0.05, 0) is 42.5 Å². The summed E-state index contributed by atoms with van der Waals surface area (Å²) in [7, 11) is 0. The van der Waals surface area contributed by atoms with Crippen LogP contribution in [0.4, 0.5) is 15.8 Å². The summed E-state index contributed by atoms with van der Waals surface area (Å²) in [5.74, 6) is -2.26. The van der Waals surface area contributed by atoms with E-state index < -0.39 is 35.7 Å². The van der Waals surface area contributed by atoms with E-state index in [9.17, 15) is 14.0 Å². The monoisotopic (exact) mass is 422 g/mol. The van der Waals surface area contributed by atoms with Gasteiger partial charge in [-0.15, -0.1) is 0 Å². The molecule has 3 atom stereocenters. The minimum atomic E-state index is -1.04. The van der Waals surface area contributed by atoms with Crippen LogP contribution in [0.2, 0.25) is 5.02 Å². The van der Waals surface area contributed by atoms with Crippen molar-refractivity contribution in [2.24, 2.45) is 5.92 Å². The molecule has 0 N–H and O–H groups in total. The maximum absolute atomic E-state index is 14.8. The normalized spacial score (nSPS) is 23.2. The Balaban J connectivity index is 1.60. The zero-order chi connectivity index (χ0) is 20.8. The van der Waals surface area contributed by atoms with E-state index in [1.165, 1.54) is 11.1 Å². The number of carbonyl (C=O) groups excluding carboxylic acids is 2. The van der Waals surface area contributed by atoms with Crippen molar-refractivity contribution >= 4 is 34.8 Å². The lowest BCUT2D eigenvalue weighted by molar-refractivity contribution is -0.126. The molecule has 0 aliphatic carbocycles. The number of carbonyl (C=O) groups is 2. The molecule has 0 spiro atoms. The van der Waals surface area contributed by atoms with Crippen molar-refractivity contribution in [3.63, 3.8) is 0 Å². The summed E-state index contributed by atoms with van der Waals surface area (Å²) in [5, 5.41) is 1.97. The Kier molecular flexibility index (Phi) is 4.53. The molecule has 5 rings (SSSR count). The molecule has 0 unspecified atom stereocenters. The van der Waals surface area contributed by atoms with Gasteiger partial charge in [0.2, 0.25) is 5.91 Å². The molecule has 3 aromatic rings. The summed E-state index contributed by atoms with van der Waals surface area (Å²) < 4.78 is 14.8. The SMILES string of the molecule is O=C1[C@H]2[C@@H](ON(c3ccccc3)[C@H]2c2ccccc2F)C(=O)N1c1ccc(Cl)cc1. The number of nitrogens with zero attached hydrogens (tertiary/aromatic N) is 2. The third-order valence-electron chi connectivity index (χ3n) is 5.43. The van der Waals surface area contributed by atoms with Gasteiger partial charge in [0.05, 0.1) is 17.4 Å². The fourth-order valence-electron chi connectivity index (χ4n) is 4.09. The lowest BCUT2D eigenvalue weighted by Gasteiger charge is -2.29. The molecule has 5 nitrogen and oxygen atoms in total. The molecule has 2 amide bonds. The zero-order valence-electron chi connectivity index (χ0n) is 15.6. The van der Waals surface area contributed by atoms with Gasteiger partial charge in [0, 0.05) is 10.6 Å². The number of fused-ring (bicyclic) bond motifs is 1. The first-order chi connectivity index (χ1) is 14.6. The first-order valence-corrected chi connectivity index (χ1v) is 9.83. The topological polar surface area (TPSA) is 49.9 Å². The van der Waals surface area contributed by atoms with Crippen LogP contribution in [-0.2, 0) is 14.4 Å². The number of amides is 2. The zero-order valence-corrected chi connectivity index (χ0v) is 16.4. The van der Waals surface area contributed by atoms with Crippen LogP contribution in [0.5, 0.6) is 0 Å². The Morgan fingerprint density at radius 1 is 0.800 bits per heavy atom. The fourth-order valence-corrected chi connectivity index (χ4v) is 4.21. The minimum Gasteiger partial charge on any atom is -0.273 e. The summed E-state index contributed by atoms with van der Waals surface area (Å²) in [6, 6.07) is 20.9. The number of benzene rings is 3. The predicted molar refractivity (Wildman–Crippen MR) is 110 cm³/mol. The summed E-state index contributed by atoms with van der Waals surface area (Å²) in [5.41, 5.74) is 1.35. The van der Waals surface area contributed by atoms with Gasteiger partial charge >= 0.3 is 0 Å². The van der Waals surface area contributed by atoms with E-state index in [-0.39, 0.29) is 0 Å². The van der Waals surface area contributed by atoms with Crippen LogP contribution in [0.15, 0.2) is 78.9 Å². The first-order valence-electron chi connectivity index (χ1n) is 9.45. The molecule has 30 heavy (non-hydrogen) atoms. The Labute approximate surface area is 177 Å². The van der Waals surface area contributed by atoms with Crippen molar-refractivity contribution in [3.8, 4) is 0 Å². The standard InChI is InChI=1S/C23H16ClFN2O3/c24-14-10-12-15(13-11-14)26-22(28)19-20(17-8-4-5-9-18(17)25)27(30-21(19)23(26)29)16-6-2-1-3-7-16/h1-13,19-21H/t19-,20+,21-/m1/s1. The molecular formula is C23H16ClFN2O3. The van der Waals surface area contributed by atoms with Crippen LogP contribution in [-0.4, -0.2) is 17.9 Å². The number of rotatable bonds is 3. The average molecular weight is 423 g/mol. The molecule has 7 heteroatoms. The minimum absolute atomic E-state index is 0.299. The number of imide groups is 1. The van der Waals surface area contributed by atoms with E-state index in [2.05, 4.69) is 0 Å². The Morgan fingerprint density at radius 2 is 1.47 bits per heavy atom. The van der Waals surface area contributed by atoms with Crippen LogP contribution in [0, 0.1) is 11.7 Å². The molecule has 0 aromatic heterocycles. The number of hydrogen-bond donors (Lipinski definition) is 0. The maximum Gasteiger partial charge on any atom is 0.266 e. The Hall–Kier alpha value is -3.22. The van der Waals surface area contributed by atoms with E-state index >= 15 is 0 Å². The molecule has 3 aromatic carbocycles. The summed E-state index contributed by atoms with van der Waals surface area (Å²) in [6.07, 6.45) is -1.04. The summed E-state index contributed by atoms with van der Waals surface area (Å²) in [6.45, 7) is 0. The second-order valence-corrected chi connectivity index (χ2v) is 7.60. The van der Waals surface area contributed by atoms with Gasteiger partial charge in [-0.25, -0.2) is 14.4 Å². The summed E-state index contributed by atoms with van der Waals surface area (Å²) in [4.78, 5) is 33.6. The van der Waals surface area contributed by atoms with Crippen molar-refractivity contribution in [2.75, 3.05) is 9.96 Å². The van der Waals surface area contributed by atoms with E-state index in [1.54, 1.807) is 54.6 Å². The smallest absolute Gasteiger partial charge is 0.266 e. The van der Waals surface area contributed by atoms with Gasteiger partial charge in [0.1, 0.15) is 11.7 Å². The maximum atomic E-state index is 14.8. The summed E-state index contributed by atoms with van der Waals surface area (Å²) >= 11 is 5.93. The van der Waals surface area contributed by atoms with Crippen molar-refractivity contribution in [1.29, 1.82) is 0 Å². The Morgan fingerprint density at radius 3 is 2.17 bits per heavy atom. The number of hydroxylamine groups is 1. The van der Waals surface area contributed by atoms with Crippen LogP contribution in [0.25, 0.3) is 0 Å². The molecule has 2 saturated heterocycles. The molecule has 150 valence electrons. The molecule has 2 fully saturated rings. The van der Waals surface area contributed by atoms with Gasteiger partial charge in [-0.3, -0.25) is 14.4 Å². The van der Waals surface area contributed by atoms with Crippen molar-refractivity contribution in [3.05, 3.63) is 95.3 Å². The number of hydrogen-bond acceptors (Lipinski definition) is 4. The largest absolute Gasteiger partial charge is 0.273 e. The predicted octanol–water partition coefficient (Wildman–Crippen LogP) is 4.53. The van der Waals surface area contributed by atoms with Gasteiger partial charge in [0.15, 0.2) is 6.10 Å². The Bertz CT molecular complexity index is 1120. The van der Waals surface area contributed by atoms with Crippen LogP contribution < -0.4 is 9.96 Å². The number of halogens is 2. The van der Waals surface area contributed by atoms with Gasteiger partial charge in [-0.2, -0.15) is 0 Å². The van der Waals surface area contributed by atoms with Gasteiger partial charge in [0.25, 0.3) is 5.91 Å².